The number of likely N-dealkylation sites (tertiary alicyclic amines) is 1. The summed E-state index contributed by atoms with van der Waals surface area (Å²) < 4.78 is 0. The summed E-state index contributed by atoms with van der Waals surface area (Å²) in [4.78, 5) is 26.6. The third-order valence-electron chi connectivity index (χ3n) is 5.96. The van der Waals surface area contributed by atoms with E-state index in [1.807, 2.05) is 23.2 Å². The number of hydrogen-bond acceptors (Lipinski definition) is 5. The standard InChI is InChI=1S/C20H26N4OS/c1-2-16(25)24-10-9-13(11-24)21-19-17-14-5-3-4-6-15(14)26-20(17)23-18(22-19)12-7-8-12/h12-13H,2-11H2,1H3,(H,21,22,23). The first-order valence-electron chi connectivity index (χ1n) is 10.1. The Morgan fingerprint density at radius 3 is 2.88 bits per heavy atom. The molecular weight excluding hydrogens is 344 g/mol. The molecule has 1 N–H and O–H groups in total. The van der Waals surface area contributed by atoms with Crippen LogP contribution in [-0.4, -0.2) is 39.9 Å². The Kier molecular flexibility index (Phi) is 4.11. The van der Waals surface area contributed by atoms with Gasteiger partial charge in [-0.2, -0.15) is 0 Å². The number of carbonyl (C=O) groups excluding carboxylic acids is 1. The highest BCUT2D eigenvalue weighted by Gasteiger charge is 2.31. The Balaban J connectivity index is 1.49. The molecule has 0 spiro atoms. The van der Waals surface area contributed by atoms with Crippen LogP contribution in [0.25, 0.3) is 10.2 Å². The minimum Gasteiger partial charge on any atom is -0.365 e. The number of anilines is 1. The van der Waals surface area contributed by atoms with Crippen molar-refractivity contribution in [3.63, 3.8) is 0 Å². The number of fused-ring (bicyclic) bond motifs is 3. The zero-order valence-corrected chi connectivity index (χ0v) is 16.2. The molecule has 2 aromatic heterocycles. The number of amides is 1. The molecule has 6 heteroatoms. The van der Waals surface area contributed by atoms with E-state index in [2.05, 4.69) is 5.32 Å². The summed E-state index contributed by atoms with van der Waals surface area (Å²) in [6.45, 7) is 3.59. The van der Waals surface area contributed by atoms with E-state index >= 15 is 0 Å². The van der Waals surface area contributed by atoms with E-state index in [0.717, 1.165) is 37.6 Å². The number of aromatic nitrogens is 2. The van der Waals surface area contributed by atoms with Crippen LogP contribution in [0, 0.1) is 0 Å². The minimum absolute atomic E-state index is 0.258. The van der Waals surface area contributed by atoms with Gasteiger partial charge in [0.05, 0.1) is 5.39 Å². The van der Waals surface area contributed by atoms with Crippen LogP contribution >= 0.6 is 11.3 Å². The molecule has 0 bridgehead atoms. The highest BCUT2D eigenvalue weighted by Crippen LogP contribution is 2.43. The van der Waals surface area contributed by atoms with Crippen LogP contribution in [0.4, 0.5) is 5.82 Å². The molecule has 0 aromatic carbocycles. The fraction of sp³-hybridized carbons (Fsp3) is 0.650. The van der Waals surface area contributed by atoms with Gasteiger partial charge >= 0.3 is 0 Å². The maximum absolute atomic E-state index is 12.0. The van der Waals surface area contributed by atoms with Gasteiger partial charge in [-0.3, -0.25) is 4.79 Å². The summed E-state index contributed by atoms with van der Waals surface area (Å²) in [6.07, 6.45) is 8.94. The van der Waals surface area contributed by atoms with Gasteiger partial charge in [0.1, 0.15) is 16.5 Å². The van der Waals surface area contributed by atoms with E-state index in [1.54, 1.807) is 0 Å². The van der Waals surface area contributed by atoms with Gasteiger partial charge in [0.25, 0.3) is 0 Å². The first kappa shape index (κ1) is 16.5. The van der Waals surface area contributed by atoms with Crippen LogP contribution in [0.3, 0.4) is 0 Å². The Morgan fingerprint density at radius 2 is 2.08 bits per heavy atom. The van der Waals surface area contributed by atoms with Crippen molar-refractivity contribution in [2.24, 2.45) is 0 Å². The number of rotatable bonds is 4. The van der Waals surface area contributed by atoms with E-state index in [1.165, 1.54) is 52.8 Å². The second-order valence-corrected chi connectivity index (χ2v) is 9.00. The first-order chi connectivity index (χ1) is 12.7. The molecule has 5 nitrogen and oxygen atoms in total. The van der Waals surface area contributed by atoms with Crippen molar-refractivity contribution in [1.82, 2.24) is 14.9 Å². The monoisotopic (exact) mass is 370 g/mol. The molecule has 2 aromatic rings. The molecule has 26 heavy (non-hydrogen) atoms. The molecule has 5 rings (SSSR count). The Morgan fingerprint density at radius 1 is 1.23 bits per heavy atom. The maximum Gasteiger partial charge on any atom is 0.222 e. The maximum atomic E-state index is 12.0. The number of nitrogens with one attached hydrogen (secondary N) is 1. The molecule has 3 aliphatic rings. The fourth-order valence-corrected chi connectivity index (χ4v) is 5.59. The lowest BCUT2D eigenvalue weighted by Gasteiger charge is -2.18. The van der Waals surface area contributed by atoms with Gasteiger partial charge in [0.15, 0.2) is 0 Å². The van der Waals surface area contributed by atoms with Crippen LogP contribution in [0.5, 0.6) is 0 Å². The Bertz CT molecular complexity index is 857. The SMILES string of the molecule is CCC(=O)N1CCC(Nc2nc(C3CC3)nc3sc4c(c23)CCCC4)C1. The number of carbonyl (C=O) groups is 1. The Labute approximate surface area is 158 Å². The molecule has 1 unspecified atom stereocenters. The van der Waals surface area contributed by atoms with E-state index < -0.39 is 0 Å². The summed E-state index contributed by atoms with van der Waals surface area (Å²) in [5.41, 5.74) is 1.49. The summed E-state index contributed by atoms with van der Waals surface area (Å²) in [7, 11) is 0. The number of thiophene rings is 1. The van der Waals surface area contributed by atoms with Crippen molar-refractivity contribution in [2.75, 3.05) is 18.4 Å². The third kappa shape index (κ3) is 2.88. The highest BCUT2D eigenvalue weighted by atomic mass is 32.1. The van der Waals surface area contributed by atoms with Crippen LogP contribution in [0.15, 0.2) is 0 Å². The molecule has 3 heterocycles. The molecule has 138 valence electrons. The largest absolute Gasteiger partial charge is 0.365 e. The quantitative estimate of drug-likeness (QED) is 0.888. The molecule has 1 saturated carbocycles. The average molecular weight is 371 g/mol. The van der Waals surface area contributed by atoms with Gasteiger partial charge < -0.3 is 10.2 Å². The van der Waals surface area contributed by atoms with Crippen molar-refractivity contribution in [1.29, 1.82) is 0 Å². The predicted molar refractivity (Wildman–Crippen MR) is 105 cm³/mol. The van der Waals surface area contributed by atoms with Crippen LogP contribution in [0.1, 0.15) is 67.6 Å². The predicted octanol–water partition coefficient (Wildman–Crippen LogP) is 3.87. The zero-order chi connectivity index (χ0) is 17.7. The van der Waals surface area contributed by atoms with Crippen molar-refractivity contribution >= 4 is 33.3 Å². The Hall–Kier alpha value is -1.69. The number of nitrogens with zero attached hydrogens (tertiary/aromatic N) is 3. The number of aryl methyl sites for hydroxylation is 2. The number of hydrogen-bond donors (Lipinski definition) is 1. The van der Waals surface area contributed by atoms with Gasteiger partial charge in [0.2, 0.25) is 5.91 Å². The van der Waals surface area contributed by atoms with Crippen molar-refractivity contribution in [3.05, 3.63) is 16.3 Å². The normalized spacial score (nSPS) is 22.7. The van der Waals surface area contributed by atoms with Crippen molar-refractivity contribution in [2.45, 2.75) is 70.3 Å². The third-order valence-corrected chi connectivity index (χ3v) is 7.14. The van der Waals surface area contributed by atoms with E-state index in [4.69, 9.17) is 9.97 Å². The average Bonchev–Trinajstić information content (AvgIpc) is 3.29. The zero-order valence-electron chi connectivity index (χ0n) is 15.4. The van der Waals surface area contributed by atoms with Crippen LogP contribution < -0.4 is 5.32 Å². The van der Waals surface area contributed by atoms with Gasteiger partial charge in [-0.05, 0) is 50.5 Å². The second-order valence-electron chi connectivity index (χ2n) is 7.92. The van der Waals surface area contributed by atoms with E-state index in [-0.39, 0.29) is 5.91 Å². The van der Waals surface area contributed by atoms with E-state index in [0.29, 0.717) is 18.4 Å². The van der Waals surface area contributed by atoms with Gasteiger partial charge in [0, 0.05) is 36.3 Å². The summed E-state index contributed by atoms with van der Waals surface area (Å²) in [5, 5.41) is 4.99. The first-order valence-corrected chi connectivity index (χ1v) is 10.9. The molecule has 1 saturated heterocycles. The lowest BCUT2D eigenvalue weighted by Crippen LogP contribution is -2.31. The molecule has 0 radical (unpaired) electrons. The summed E-state index contributed by atoms with van der Waals surface area (Å²) in [5.74, 6) is 2.87. The highest BCUT2D eigenvalue weighted by molar-refractivity contribution is 7.19. The van der Waals surface area contributed by atoms with Gasteiger partial charge in [-0.25, -0.2) is 9.97 Å². The van der Waals surface area contributed by atoms with Crippen molar-refractivity contribution < 1.29 is 4.79 Å². The lowest BCUT2D eigenvalue weighted by atomic mass is 9.97. The molecular formula is C20H26N4OS. The second kappa shape index (κ2) is 6.48. The summed E-state index contributed by atoms with van der Waals surface area (Å²) >= 11 is 1.88. The van der Waals surface area contributed by atoms with Crippen LogP contribution in [0.2, 0.25) is 0 Å². The fourth-order valence-electron chi connectivity index (χ4n) is 4.32. The molecule has 1 atom stereocenters. The minimum atomic E-state index is 0.258. The van der Waals surface area contributed by atoms with E-state index in [9.17, 15) is 4.79 Å². The van der Waals surface area contributed by atoms with Crippen molar-refractivity contribution in [3.8, 4) is 0 Å². The molecule has 1 amide bonds. The smallest absolute Gasteiger partial charge is 0.222 e. The van der Waals surface area contributed by atoms with Crippen LogP contribution in [-0.2, 0) is 17.6 Å². The van der Waals surface area contributed by atoms with Gasteiger partial charge in [-0.15, -0.1) is 11.3 Å². The molecule has 2 fully saturated rings. The van der Waals surface area contributed by atoms with Gasteiger partial charge in [-0.1, -0.05) is 6.92 Å². The topological polar surface area (TPSA) is 58.1 Å². The molecule has 1 aliphatic heterocycles. The summed E-state index contributed by atoms with van der Waals surface area (Å²) in [6, 6.07) is 0.301. The lowest BCUT2D eigenvalue weighted by molar-refractivity contribution is -0.129. The molecule has 2 aliphatic carbocycles.